The van der Waals surface area contributed by atoms with Crippen LogP contribution in [-0.2, 0) is 0 Å². The third-order valence-corrected chi connectivity index (χ3v) is 1.80. The van der Waals surface area contributed by atoms with Crippen molar-refractivity contribution in [2.24, 2.45) is 16.5 Å². The van der Waals surface area contributed by atoms with E-state index in [1.807, 2.05) is 37.3 Å². The predicted octanol–water partition coefficient (Wildman–Crippen LogP) is 1.02. The summed E-state index contributed by atoms with van der Waals surface area (Å²) in [7, 11) is 0. The van der Waals surface area contributed by atoms with Crippen LogP contribution < -0.4 is 11.5 Å². The maximum Gasteiger partial charge on any atom is 0.180 e. The van der Waals surface area contributed by atoms with Crippen LogP contribution in [0, 0.1) is 18.3 Å². The van der Waals surface area contributed by atoms with Crippen LogP contribution in [0.15, 0.2) is 40.8 Å². The molecule has 0 amide bonds. The maximum atomic E-state index is 8.64. The van der Waals surface area contributed by atoms with Crippen LogP contribution in [0.1, 0.15) is 11.1 Å². The molecule has 76 valence electrons. The first-order valence-electron chi connectivity index (χ1n) is 4.39. The van der Waals surface area contributed by atoms with Crippen molar-refractivity contribution in [2.45, 2.75) is 6.92 Å². The van der Waals surface area contributed by atoms with Gasteiger partial charge in [0.05, 0.1) is 0 Å². The van der Waals surface area contributed by atoms with Gasteiger partial charge in [-0.2, -0.15) is 5.26 Å². The molecule has 0 saturated carbocycles. The molecule has 1 aromatic carbocycles. The first kappa shape index (κ1) is 10.8. The van der Waals surface area contributed by atoms with Gasteiger partial charge < -0.3 is 11.5 Å². The first-order chi connectivity index (χ1) is 7.13. The molecule has 0 heterocycles. The van der Waals surface area contributed by atoms with Gasteiger partial charge in [0.2, 0.25) is 0 Å². The highest BCUT2D eigenvalue weighted by Gasteiger charge is 1.94. The largest absolute Gasteiger partial charge is 0.383 e. The molecule has 0 aromatic heterocycles. The van der Waals surface area contributed by atoms with Crippen LogP contribution in [0.3, 0.4) is 0 Å². The highest BCUT2D eigenvalue weighted by atomic mass is 14.9. The van der Waals surface area contributed by atoms with Crippen LogP contribution in [0.2, 0.25) is 0 Å². The lowest BCUT2D eigenvalue weighted by atomic mass is 10.2. The second-order valence-corrected chi connectivity index (χ2v) is 3.08. The Kier molecular flexibility index (Phi) is 3.47. The Bertz CT molecular complexity index is 431. The number of aryl methyl sites for hydroxylation is 1. The summed E-state index contributed by atoms with van der Waals surface area (Å²) >= 11 is 0. The van der Waals surface area contributed by atoms with Gasteiger partial charge in [0.25, 0.3) is 0 Å². The van der Waals surface area contributed by atoms with Gasteiger partial charge in [-0.05, 0) is 12.5 Å². The van der Waals surface area contributed by atoms with Crippen molar-refractivity contribution in [3.05, 3.63) is 46.9 Å². The molecule has 0 fully saturated rings. The van der Waals surface area contributed by atoms with Crippen molar-refractivity contribution in [1.82, 2.24) is 0 Å². The molecule has 4 heteroatoms. The SMILES string of the molecule is Cc1ccc(C=NC(C#N)=C(N)N)cc1. The van der Waals surface area contributed by atoms with E-state index in [0.717, 1.165) is 5.56 Å². The molecule has 0 aliphatic heterocycles. The molecule has 0 aliphatic rings. The fourth-order valence-corrected chi connectivity index (χ4v) is 0.960. The molecule has 4 N–H and O–H groups in total. The van der Waals surface area contributed by atoms with Gasteiger partial charge in [0, 0.05) is 6.21 Å². The van der Waals surface area contributed by atoms with Crippen molar-refractivity contribution >= 4 is 6.21 Å². The van der Waals surface area contributed by atoms with Crippen molar-refractivity contribution in [1.29, 1.82) is 5.26 Å². The van der Waals surface area contributed by atoms with Crippen molar-refractivity contribution in [3.8, 4) is 6.07 Å². The van der Waals surface area contributed by atoms with Crippen molar-refractivity contribution in [3.63, 3.8) is 0 Å². The van der Waals surface area contributed by atoms with E-state index in [2.05, 4.69) is 4.99 Å². The minimum absolute atomic E-state index is 0.0376. The fraction of sp³-hybridized carbons (Fsp3) is 0.0909. The molecule has 0 saturated heterocycles. The Morgan fingerprint density at radius 3 is 2.40 bits per heavy atom. The summed E-state index contributed by atoms with van der Waals surface area (Å²) < 4.78 is 0. The number of nitrogens with two attached hydrogens (primary N) is 2. The average Bonchev–Trinajstić information content (AvgIpc) is 2.21. The van der Waals surface area contributed by atoms with Crippen LogP contribution in [0.25, 0.3) is 0 Å². The van der Waals surface area contributed by atoms with E-state index in [1.54, 1.807) is 6.21 Å². The highest BCUT2D eigenvalue weighted by Crippen LogP contribution is 2.02. The Morgan fingerprint density at radius 2 is 1.93 bits per heavy atom. The highest BCUT2D eigenvalue weighted by molar-refractivity contribution is 5.80. The molecule has 0 spiro atoms. The average molecular weight is 200 g/mol. The predicted molar refractivity (Wildman–Crippen MR) is 59.8 cm³/mol. The first-order valence-corrected chi connectivity index (χ1v) is 4.39. The third-order valence-electron chi connectivity index (χ3n) is 1.80. The summed E-state index contributed by atoms with van der Waals surface area (Å²) in [5.74, 6) is -0.0686. The van der Waals surface area contributed by atoms with Crippen LogP contribution >= 0.6 is 0 Å². The fourth-order valence-electron chi connectivity index (χ4n) is 0.960. The topological polar surface area (TPSA) is 88.2 Å². The summed E-state index contributed by atoms with van der Waals surface area (Å²) in [6, 6.07) is 9.54. The Labute approximate surface area is 88.5 Å². The number of nitrogens with zero attached hydrogens (tertiary/aromatic N) is 2. The number of hydrogen-bond donors (Lipinski definition) is 2. The Morgan fingerprint density at radius 1 is 1.33 bits per heavy atom. The molecule has 0 radical (unpaired) electrons. The van der Waals surface area contributed by atoms with Gasteiger partial charge in [0.15, 0.2) is 5.70 Å². The van der Waals surface area contributed by atoms with Gasteiger partial charge >= 0.3 is 0 Å². The molecule has 0 aliphatic carbocycles. The zero-order chi connectivity index (χ0) is 11.3. The molecule has 4 nitrogen and oxygen atoms in total. The van der Waals surface area contributed by atoms with E-state index < -0.39 is 0 Å². The summed E-state index contributed by atoms with van der Waals surface area (Å²) in [6.07, 6.45) is 1.55. The quantitative estimate of drug-likeness (QED) is 0.552. The molecule has 0 bridgehead atoms. The van der Waals surface area contributed by atoms with Gasteiger partial charge in [-0.15, -0.1) is 0 Å². The molecular formula is C11H12N4. The van der Waals surface area contributed by atoms with Crippen molar-refractivity contribution in [2.75, 3.05) is 0 Å². The van der Waals surface area contributed by atoms with Gasteiger partial charge in [0.1, 0.15) is 11.9 Å². The Hall–Kier alpha value is -2.28. The van der Waals surface area contributed by atoms with Gasteiger partial charge in [-0.1, -0.05) is 29.8 Å². The minimum Gasteiger partial charge on any atom is -0.383 e. The molecule has 0 unspecified atom stereocenters. The number of aliphatic imine (C=N–C) groups is 1. The molecule has 1 rings (SSSR count). The zero-order valence-corrected chi connectivity index (χ0v) is 8.44. The number of benzene rings is 1. The second kappa shape index (κ2) is 4.82. The lowest BCUT2D eigenvalue weighted by Gasteiger charge is -1.95. The van der Waals surface area contributed by atoms with Crippen LogP contribution in [0.5, 0.6) is 0 Å². The normalized spacial score (nSPS) is 9.87. The minimum atomic E-state index is -0.0686. The standard InChI is InChI=1S/C11H12N4/c1-8-2-4-9(5-3-8)7-15-10(6-12)11(13)14/h2-5,7H,13-14H2,1H3. The lowest BCUT2D eigenvalue weighted by Crippen LogP contribution is -2.10. The van der Waals surface area contributed by atoms with E-state index in [4.69, 9.17) is 16.7 Å². The number of nitriles is 1. The number of hydrogen-bond acceptors (Lipinski definition) is 4. The third kappa shape index (κ3) is 3.16. The monoisotopic (exact) mass is 200 g/mol. The number of allylic oxidation sites excluding steroid dienone is 1. The summed E-state index contributed by atoms with van der Waals surface area (Å²) in [6.45, 7) is 2.00. The second-order valence-electron chi connectivity index (χ2n) is 3.08. The summed E-state index contributed by atoms with van der Waals surface area (Å²) in [5, 5.41) is 8.64. The molecule has 1 aromatic rings. The number of rotatable bonds is 2. The smallest absolute Gasteiger partial charge is 0.180 e. The van der Waals surface area contributed by atoms with Gasteiger partial charge in [-0.25, -0.2) is 4.99 Å². The van der Waals surface area contributed by atoms with Crippen LogP contribution in [-0.4, -0.2) is 6.21 Å². The van der Waals surface area contributed by atoms with E-state index in [1.165, 1.54) is 5.56 Å². The van der Waals surface area contributed by atoms with E-state index in [0.29, 0.717) is 0 Å². The van der Waals surface area contributed by atoms with E-state index >= 15 is 0 Å². The molecule has 15 heavy (non-hydrogen) atoms. The van der Waals surface area contributed by atoms with Crippen molar-refractivity contribution < 1.29 is 0 Å². The maximum absolute atomic E-state index is 8.64. The van der Waals surface area contributed by atoms with Gasteiger partial charge in [-0.3, -0.25) is 0 Å². The summed E-state index contributed by atoms with van der Waals surface area (Å²) in [5.41, 5.74) is 12.6. The molecular weight excluding hydrogens is 188 g/mol. The van der Waals surface area contributed by atoms with E-state index in [9.17, 15) is 0 Å². The lowest BCUT2D eigenvalue weighted by molar-refractivity contribution is 1.17. The summed E-state index contributed by atoms with van der Waals surface area (Å²) in [4.78, 5) is 3.89. The Balaban J connectivity index is 2.88. The van der Waals surface area contributed by atoms with Crippen LogP contribution in [0.4, 0.5) is 0 Å². The molecule has 0 atom stereocenters. The van der Waals surface area contributed by atoms with E-state index in [-0.39, 0.29) is 11.5 Å². The zero-order valence-electron chi connectivity index (χ0n) is 8.44.